The molecular weight excluding hydrogens is 450 g/mol. The minimum Gasteiger partial charge on any atom is -0.478 e. The summed E-state index contributed by atoms with van der Waals surface area (Å²) in [6.45, 7) is 3.04. The number of nitrogens with zero attached hydrogens (tertiary/aromatic N) is 2. The molecule has 0 aliphatic carbocycles. The summed E-state index contributed by atoms with van der Waals surface area (Å²) >= 11 is 1.81. The van der Waals surface area contributed by atoms with E-state index in [0.717, 1.165) is 33.8 Å². The van der Waals surface area contributed by atoms with Gasteiger partial charge < -0.3 is 20.3 Å². The monoisotopic (exact) mass is 475 g/mol. The Morgan fingerprint density at radius 3 is 2.32 bits per heavy atom. The van der Waals surface area contributed by atoms with Gasteiger partial charge in [0.1, 0.15) is 11.3 Å². The number of benzene rings is 3. The van der Waals surface area contributed by atoms with Gasteiger partial charge in [0.2, 0.25) is 0 Å². The number of hydrogen-bond acceptors (Lipinski definition) is 6. The van der Waals surface area contributed by atoms with E-state index in [0.29, 0.717) is 35.5 Å². The number of hydrogen-bond donors (Lipinski definition) is 4. The molecule has 8 heteroatoms. The average Bonchev–Trinajstić information content (AvgIpc) is 3.24. The average molecular weight is 476 g/mol. The number of aliphatic hydroxyl groups is 2. The lowest BCUT2D eigenvalue weighted by Gasteiger charge is -2.37. The molecule has 2 heterocycles. The van der Waals surface area contributed by atoms with Gasteiger partial charge >= 0.3 is 5.97 Å². The van der Waals surface area contributed by atoms with Crippen molar-refractivity contribution < 1.29 is 20.1 Å². The second-order valence-corrected chi connectivity index (χ2v) is 9.67. The third-order valence-electron chi connectivity index (χ3n) is 6.19. The third kappa shape index (κ3) is 4.21. The van der Waals surface area contributed by atoms with Crippen LogP contribution in [0.25, 0.3) is 33.3 Å². The molecule has 0 radical (unpaired) electrons. The van der Waals surface area contributed by atoms with E-state index in [2.05, 4.69) is 9.97 Å². The summed E-state index contributed by atoms with van der Waals surface area (Å²) < 4.78 is 0. The number of fused-ring (bicyclic) bond motifs is 1. The lowest BCUT2D eigenvalue weighted by molar-refractivity contribution is -0.273. The summed E-state index contributed by atoms with van der Waals surface area (Å²) in [6, 6.07) is 18.6. The van der Waals surface area contributed by atoms with E-state index >= 15 is 0 Å². The first-order valence-electron chi connectivity index (χ1n) is 11.1. The summed E-state index contributed by atoms with van der Waals surface area (Å²) in [4.78, 5) is 20.9. The number of nitrogens with one attached hydrogen (secondary N) is 1. The fourth-order valence-corrected chi connectivity index (χ4v) is 5.29. The van der Waals surface area contributed by atoms with Crippen LogP contribution in [0.1, 0.15) is 21.7 Å². The van der Waals surface area contributed by atoms with E-state index in [1.807, 2.05) is 54.2 Å². The zero-order valence-corrected chi connectivity index (χ0v) is 19.5. The molecular formula is C26H25N3O4S. The number of aryl methyl sites for hydroxylation is 1. The van der Waals surface area contributed by atoms with Crippen LogP contribution < -0.4 is 0 Å². The molecule has 0 spiro atoms. The molecule has 0 saturated carbocycles. The third-order valence-corrected chi connectivity index (χ3v) is 7.13. The van der Waals surface area contributed by atoms with Crippen molar-refractivity contribution in [3.8, 4) is 22.3 Å². The molecule has 0 atom stereocenters. The molecule has 7 nitrogen and oxygen atoms in total. The van der Waals surface area contributed by atoms with Crippen molar-refractivity contribution in [2.75, 3.05) is 24.6 Å². The fraction of sp³-hybridized carbons (Fsp3) is 0.231. The molecule has 1 aliphatic rings. The molecule has 4 aromatic rings. The van der Waals surface area contributed by atoms with E-state index in [1.165, 1.54) is 0 Å². The molecule has 34 heavy (non-hydrogen) atoms. The summed E-state index contributed by atoms with van der Waals surface area (Å²) in [5.74, 6) is -0.621. The summed E-state index contributed by atoms with van der Waals surface area (Å²) in [6.07, 6.45) is 0. The Balaban J connectivity index is 1.46. The van der Waals surface area contributed by atoms with Gasteiger partial charge in [-0.2, -0.15) is 11.8 Å². The van der Waals surface area contributed by atoms with Gasteiger partial charge in [0.15, 0.2) is 0 Å². The fourth-order valence-electron chi connectivity index (χ4n) is 4.39. The van der Waals surface area contributed by atoms with Crippen LogP contribution in [0.2, 0.25) is 0 Å². The zero-order chi connectivity index (χ0) is 23.9. The predicted molar refractivity (Wildman–Crippen MR) is 134 cm³/mol. The lowest BCUT2D eigenvalue weighted by Crippen LogP contribution is -2.49. The Morgan fingerprint density at radius 1 is 0.971 bits per heavy atom. The molecule has 0 amide bonds. The van der Waals surface area contributed by atoms with Crippen molar-refractivity contribution in [2.24, 2.45) is 0 Å². The number of aromatic carboxylic acids is 1. The number of imidazole rings is 1. The second-order valence-electron chi connectivity index (χ2n) is 8.44. The van der Waals surface area contributed by atoms with Crippen LogP contribution in [0.3, 0.4) is 0 Å². The quantitative estimate of drug-likeness (QED) is 0.323. The minimum absolute atomic E-state index is 0.159. The van der Waals surface area contributed by atoms with Crippen molar-refractivity contribution in [3.63, 3.8) is 0 Å². The van der Waals surface area contributed by atoms with Crippen LogP contribution in [-0.4, -0.2) is 60.8 Å². The van der Waals surface area contributed by atoms with E-state index in [-0.39, 0.29) is 5.56 Å². The molecule has 3 aromatic carbocycles. The smallest absolute Gasteiger partial charge is 0.337 e. The van der Waals surface area contributed by atoms with Crippen LogP contribution in [0.5, 0.6) is 0 Å². The van der Waals surface area contributed by atoms with Gasteiger partial charge in [-0.1, -0.05) is 42.5 Å². The molecule has 1 saturated heterocycles. The van der Waals surface area contributed by atoms with E-state index in [9.17, 15) is 20.1 Å². The molecule has 5 rings (SSSR count). The van der Waals surface area contributed by atoms with Crippen molar-refractivity contribution in [2.45, 2.75) is 12.8 Å². The summed E-state index contributed by atoms with van der Waals surface area (Å²) in [5.41, 5.74) is 5.18. The highest BCUT2D eigenvalue weighted by atomic mass is 32.2. The number of carboxylic acids is 1. The van der Waals surface area contributed by atoms with E-state index < -0.39 is 11.9 Å². The van der Waals surface area contributed by atoms with Crippen molar-refractivity contribution >= 4 is 28.8 Å². The number of aromatic amines is 1. The number of H-pyrrole nitrogens is 1. The first-order valence-corrected chi connectivity index (χ1v) is 12.2. The second kappa shape index (κ2) is 8.88. The van der Waals surface area contributed by atoms with Gasteiger partial charge in [0.05, 0.1) is 11.1 Å². The lowest BCUT2D eigenvalue weighted by atomic mass is 9.97. The SMILES string of the molecule is Cc1nc2c(C(=O)O)cc(-c3ccc(-c4cccc(C(O)(O)N5CCSCC5)c4)cc3)cc2[nH]1. The maximum atomic E-state index is 11.8. The highest BCUT2D eigenvalue weighted by Gasteiger charge is 2.35. The molecule has 1 fully saturated rings. The van der Waals surface area contributed by atoms with Crippen LogP contribution in [-0.2, 0) is 5.91 Å². The van der Waals surface area contributed by atoms with Gasteiger partial charge in [-0.3, -0.25) is 0 Å². The Labute approximate surface area is 201 Å². The van der Waals surface area contributed by atoms with Crippen molar-refractivity contribution in [1.82, 2.24) is 14.9 Å². The van der Waals surface area contributed by atoms with Gasteiger partial charge in [0.25, 0.3) is 5.91 Å². The number of carboxylic acid groups (broad SMARTS) is 1. The van der Waals surface area contributed by atoms with Crippen LogP contribution in [0, 0.1) is 6.92 Å². The summed E-state index contributed by atoms with van der Waals surface area (Å²) in [7, 11) is 0. The number of thioether (sulfide) groups is 1. The summed E-state index contributed by atoms with van der Waals surface area (Å²) in [5, 5.41) is 31.3. The van der Waals surface area contributed by atoms with Gasteiger partial charge in [-0.15, -0.1) is 0 Å². The first-order chi connectivity index (χ1) is 16.3. The van der Waals surface area contributed by atoms with Gasteiger partial charge in [-0.25, -0.2) is 14.7 Å². The molecule has 0 bridgehead atoms. The number of aromatic nitrogens is 2. The maximum absolute atomic E-state index is 11.8. The topological polar surface area (TPSA) is 110 Å². The number of rotatable bonds is 5. The molecule has 0 unspecified atom stereocenters. The zero-order valence-electron chi connectivity index (χ0n) is 18.7. The van der Waals surface area contributed by atoms with Crippen LogP contribution >= 0.6 is 11.8 Å². The highest BCUT2D eigenvalue weighted by molar-refractivity contribution is 7.99. The van der Waals surface area contributed by atoms with Crippen molar-refractivity contribution in [3.05, 3.63) is 77.6 Å². The largest absolute Gasteiger partial charge is 0.478 e. The normalized spacial score (nSPS) is 15.0. The Bertz CT molecular complexity index is 1360. The van der Waals surface area contributed by atoms with E-state index in [4.69, 9.17) is 0 Å². The van der Waals surface area contributed by atoms with Gasteiger partial charge in [-0.05, 0) is 47.4 Å². The maximum Gasteiger partial charge on any atom is 0.337 e. The molecule has 174 valence electrons. The molecule has 4 N–H and O–H groups in total. The molecule has 1 aromatic heterocycles. The van der Waals surface area contributed by atoms with E-state index in [1.54, 1.807) is 30.0 Å². The Hall–Kier alpha value is -3.17. The first kappa shape index (κ1) is 22.6. The Morgan fingerprint density at radius 2 is 1.65 bits per heavy atom. The van der Waals surface area contributed by atoms with Crippen LogP contribution in [0.4, 0.5) is 0 Å². The predicted octanol–water partition coefficient (Wildman–Crippen LogP) is 4.05. The molecule has 1 aliphatic heterocycles. The van der Waals surface area contributed by atoms with Crippen molar-refractivity contribution in [1.29, 1.82) is 0 Å². The van der Waals surface area contributed by atoms with Gasteiger partial charge in [0, 0.05) is 30.2 Å². The Kier molecular flexibility index (Phi) is 5.91. The van der Waals surface area contributed by atoms with Crippen LogP contribution in [0.15, 0.2) is 60.7 Å². The standard InChI is InChI=1S/C26H25N3O4S/c1-16-27-23-15-20(14-22(25(30)31)24(23)28-16)18-7-5-17(6-8-18)19-3-2-4-21(13-19)26(32,33)29-9-11-34-12-10-29/h2-8,13-15,32-33H,9-12H2,1H3,(H,27,28)(H,30,31). The minimum atomic E-state index is -2.01. The highest BCUT2D eigenvalue weighted by Crippen LogP contribution is 2.32. The number of carbonyl (C=O) groups is 1.